The Morgan fingerprint density at radius 2 is 2.00 bits per heavy atom. The van der Waals surface area contributed by atoms with Gasteiger partial charge < -0.3 is 15.2 Å². The summed E-state index contributed by atoms with van der Waals surface area (Å²) in [6.45, 7) is -0.225. The average molecular weight is 491 g/mol. The van der Waals surface area contributed by atoms with Gasteiger partial charge in [-0.05, 0) is 42.3 Å². The third-order valence-corrected chi connectivity index (χ3v) is 6.72. The minimum absolute atomic E-state index is 0.0275. The first-order chi connectivity index (χ1) is 16.3. The van der Waals surface area contributed by atoms with E-state index >= 15 is 0 Å². The molecule has 0 radical (unpaired) electrons. The van der Waals surface area contributed by atoms with E-state index in [1.807, 2.05) is 0 Å². The molecule has 12 heteroatoms. The number of nitrogens with one attached hydrogen (secondary N) is 1. The molecule has 2 N–H and O–H groups in total. The van der Waals surface area contributed by atoms with Gasteiger partial charge in [0, 0.05) is 29.7 Å². The van der Waals surface area contributed by atoms with Crippen molar-refractivity contribution in [3.8, 4) is 23.2 Å². The summed E-state index contributed by atoms with van der Waals surface area (Å²) in [6, 6.07) is 7.28. The van der Waals surface area contributed by atoms with Gasteiger partial charge in [0.1, 0.15) is 23.1 Å². The summed E-state index contributed by atoms with van der Waals surface area (Å²) in [6.07, 6.45) is 2.59. The molecular formula is C22H20F3N5O3S. The van der Waals surface area contributed by atoms with E-state index < -0.39 is 27.2 Å². The molecular weight excluding hydrogens is 471 g/mol. The van der Waals surface area contributed by atoms with Gasteiger partial charge in [0.15, 0.2) is 5.82 Å². The maximum atomic E-state index is 14.5. The highest BCUT2D eigenvalue weighted by Gasteiger charge is 2.16. The lowest BCUT2D eigenvalue weighted by Crippen LogP contribution is -2.11. The summed E-state index contributed by atoms with van der Waals surface area (Å²) < 4.78 is 63.7. The van der Waals surface area contributed by atoms with Crippen LogP contribution in [0.1, 0.15) is 12.0 Å². The summed E-state index contributed by atoms with van der Waals surface area (Å²) in [5.41, 5.74) is 0.491. The lowest BCUT2D eigenvalue weighted by atomic mass is 10.1. The van der Waals surface area contributed by atoms with Crippen molar-refractivity contribution in [2.75, 3.05) is 24.8 Å². The van der Waals surface area contributed by atoms with Crippen molar-refractivity contribution >= 4 is 21.4 Å². The maximum Gasteiger partial charge on any atom is 0.227 e. The number of aliphatic hydroxyl groups excluding tert-OH is 1. The monoisotopic (exact) mass is 491 g/mol. The van der Waals surface area contributed by atoms with E-state index in [4.69, 9.17) is 15.1 Å². The Labute approximate surface area is 194 Å². The van der Waals surface area contributed by atoms with Crippen LogP contribution in [-0.2, 0) is 15.5 Å². The predicted octanol–water partition coefficient (Wildman–Crippen LogP) is 4.14. The Morgan fingerprint density at radius 1 is 1.21 bits per heavy atom. The second-order valence-corrected chi connectivity index (χ2v) is 9.52. The number of aromatic nitrogens is 2. The van der Waals surface area contributed by atoms with Crippen molar-refractivity contribution in [2.45, 2.75) is 12.2 Å². The van der Waals surface area contributed by atoms with Crippen molar-refractivity contribution in [3.05, 3.63) is 65.6 Å². The molecule has 1 unspecified atom stereocenters. The van der Waals surface area contributed by atoms with Crippen molar-refractivity contribution in [2.24, 2.45) is 4.36 Å². The van der Waals surface area contributed by atoms with Crippen LogP contribution < -0.4 is 10.1 Å². The van der Waals surface area contributed by atoms with Crippen molar-refractivity contribution in [1.82, 2.24) is 9.97 Å². The summed E-state index contributed by atoms with van der Waals surface area (Å²) in [4.78, 5) is 7.97. The molecule has 34 heavy (non-hydrogen) atoms. The quantitative estimate of drug-likeness (QED) is 0.432. The van der Waals surface area contributed by atoms with Gasteiger partial charge in [-0.2, -0.15) is 5.26 Å². The molecule has 1 aromatic heterocycles. The highest BCUT2D eigenvalue weighted by Crippen LogP contribution is 2.32. The zero-order chi connectivity index (χ0) is 24.7. The van der Waals surface area contributed by atoms with Crippen LogP contribution in [0.3, 0.4) is 0 Å². The molecule has 0 spiro atoms. The van der Waals surface area contributed by atoms with E-state index in [9.17, 15) is 17.4 Å². The van der Waals surface area contributed by atoms with Crippen LogP contribution in [0.5, 0.6) is 5.75 Å². The second kappa shape index (κ2) is 11.0. The first kappa shape index (κ1) is 24.9. The zero-order valence-corrected chi connectivity index (χ0v) is 18.8. The van der Waals surface area contributed by atoms with Gasteiger partial charge in [0.25, 0.3) is 0 Å². The molecule has 178 valence electrons. The molecule has 1 atom stereocenters. The van der Waals surface area contributed by atoms with Crippen LogP contribution in [0.4, 0.5) is 24.8 Å². The zero-order valence-electron chi connectivity index (χ0n) is 18.0. The molecule has 8 nitrogen and oxygen atoms in total. The van der Waals surface area contributed by atoms with Crippen LogP contribution in [-0.4, -0.2) is 38.8 Å². The fourth-order valence-electron chi connectivity index (χ4n) is 3.19. The van der Waals surface area contributed by atoms with Crippen molar-refractivity contribution < 1.29 is 27.2 Å². The normalized spacial score (nSPS) is 12.5. The summed E-state index contributed by atoms with van der Waals surface area (Å²) >= 11 is 0. The van der Waals surface area contributed by atoms with E-state index in [2.05, 4.69) is 19.6 Å². The Morgan fingerprint density at radius 3 is 2.71 bits per heavy atom. The van der Waals surface area contributed by atoms with Crippen LogP contribution in [0, 0.1) is 28.9 Å². The predicted molar refractivity (Wildman–Crippen MR) is 120 cm³/mol. The molecule has 1 heterocycles. The lowest BCUT2D eigenvalue weighted by Gasteiger charge is -2.12. The Bertz CT molecular complexity index is 1350. The SMILES string of the molecule is COc1cc(F)ccc1-c1nc(Nc2cc(F)cc(CS(=O)(CCCO)=NC#N)c2)ncc1F. The van der Waals surface area contributed by atoms with Gasteiger partial charge in [-0.3, -0.25) is 0 Å². The molecule has 3 aromatic rings. The molecule has 0 aliphatic rings. The van der Waals surface area contributed by atoms with Gasteiger partial charge in [-0.1, -0.05) is 0 Å². The number of rotatable bonds is 9. The Balaban J connectivity index is 1.93. The molecule has 0 aliphatic carbocycles. The van der Waals surface area contributed by atoms with Gasteiger partial charge in [-0.25, -0.2) is 27.3 Å². The van der Waals surface area contributed by atoms with E-state index in [-0.39, 0.29) is 58.7 Å². The highest BCUT2D eigenvalue weighted by atomic mass is 32.2. The van der Waals surface area contributed by atoms with Gasteiger partial charge >= 0.3 is 0 Å². The van der Waals surface area contributed by atoms with E-state index in [0.29, 0.717) is 0 Å². The summed E-state index contributed by atoms with van der Waals surface area (Å²) in [5.74, 6) is -2.27. The molecule has 0 saturated heterocycles. The number of hydrogen-bond acceptors (Lipinski definition) is 8. The van der Waals surface area contributed by atoms with Crippen molar-refractivity contribution in [1.29, 1.82) is 5.26 Å². The number of halogens is 3. The number of hydrogen-bond donors (Lipinski definition) is 2. The fraction of sp³-hybridized carbons (Fsp3) is 0.227. The van der Waals surface area contributed by atoms with E-state index in [1.165, 1.54) is 25.4 Å². The van der Waals surface area contributed by atoms with E-state index in [1.54, 1.807) is 0 Å². The largest absolute Gasteiger partial charge is 0.496 e. The molecule has 0 aliphatic heterocycles. The van der Waals surface area contributed by atoms with Crippen LogP contribution in [0.25, 0.3) is 11.3 Å². The fourth-order valence-corrected chi connectivity index (χ4v) is 4.90. The average Bonchev–Trinajstić information content (AvgIpc) is 2.79. The topological polar surface area (TPSA) is 120 Å². The first-order valence-electron chi connectivity index (χ1n) is 9.91. The maximum absolute atomic E-state index is 14.5. The van der Waals surface area contributed by atoms with Crippen molar-refractivity contribution in [3.63, 3.8) is 0 Å². The molecule has 2 aromatic carbocycles. The number of benzene rings is 2. The number of nitriles is 1. The number of aliphatic hydroxyl groups is 1. The third-order valence-electron chi connectivity index (χ3n) is 4.60. The minimum atomic E-state index is -3.04. The number of methoxy groups -OCH3 is 1. The first-order valence-corrected chi connectivity index (χ1v) is 11.8. The standard InChI is InChI=1S/C22H20F3N5O3S/c1-33-20-10-15(23)3-4-18(20)21-19(25)11-27-22(30-21)29-17-8-14(7-16(24)9-17)12-34(32,28-13-26)6-2-5-31/h3-4,7-11,31H,2,5-6,12H2,1H3,(H,27,29,30). The van der Waals surface area contributed by atoms with Gasteiger partial charge in [0.2, 0.25) is 12.1 Å². The number of ether oxygens (including phenoxy) is 1. The number of anilines is 2. The van der Waals surface area contributed by atoms with Crippen LogP contribution in [0.15, 0.2) is 47.0 Å². The minimum Gasteiger partial charge on any atom is -0.496 e. The number of nitrogens with zero attached hydrogens (tertiary/aromatic N) is 4. The van der Waals surface area contributed by atoms with Crippen LogP contribution in [0.2, 0.25) is 0 Å². The Hall–Kier alpha value is -3.69. The Kier molecular flexibility index (Phi) is 8.04. The summed E-state index contributed by atoms with van der Waals surface area (Å²) in [5, 5.41) is 20.6. The highest BCUT2D eigenvalue weighted by molar-refractivity contribution is 7.92. The molecule has 0 bridgehead atoms. The van der Waals surface area contributed by atoms with E-state index in [0.717, 1.165) is 30.5 Å². The third kappa shape index (κ3) is 6.21. The smallest absolute Gasteiger partial charge is 0.227 e. The van der Waals surface area contributed by atoms with Gasteiger partial charge in [-0.15, -0.1) is 4.36 Å². The second-order valence-electron chi connectivity index (χ2n) is 7.10. The molecule has 0 saturated carbocycles. The molecule has 0 fully saturated rings. The molecule has 3 rings (SSSR count). The van der Waals surface area contributed by atoms with Gasteiger partial charge in [0.05, 0.1) is 28.8 Å². The lowest BCUT2D eigenvalue weighted by molar-refractivity contribution is 0.295. The van der Waals surface area contributed by atoms with Crippen LogP contribution >= 0.6 is 0 Å². The molecule has 0 amide bonds. The summed E-state index contributed by atoms with van der Waals surface area (Å²) in [7, 11) is -1.73.